The monoisotopic (exact) mass is 327 g/mol. The van der Waals surface area contributed by atoms with E-state index < -0.39 is 5.69 Å². The van der Waals surface area contributed by atoms with Crippen LogP contribution in [-0.2, 0) is 24.8 Å². The number of hydrogen-bond donors (Lipinski definition) is 1. The summed E-state index contributed by atoms with van der Waals surface area (Å²) in [6, 6.07) is 9.64. The molecule has 1 aromatic carbocycles. The Morgan fingerprint density at radius 3 is 2.88 bits per heavy atom. The lowest BCUT2D eigenvalue weighted by atomic mass is 9.83. The van der Waals surface area contributed by atoms with Gasteiger partial charge in [-0.3, -0.25) is 18.7 Å². The van der Waals surface area contributed by atoms with E-state index in [0.717, 1.165) is 23.8 Å². The highest BCUT2D eigenvalue weighted by molar-refractivity contribution is 5.75. The van der Waals surface area contributed by atoms with Gasteiger partial charge in [0.2, 0.25) is 5.91 Å². The topological polar surface area (TPSA) is 73.1 Å². The fourth-order valence-electron chi connectivity index (χ4n) is 3.25. The molecular formula is C18H21N3O3. The first-order chi connectivity index (χ1) is 11.6. The molecule has 0 saturated heterocycles. The quantitative estimate of drug-likeness (QED) is 0.902. The number of carbonyl (C=O) groups is 1. The molecular weight excluding hydrogens is 306 g/mol. The van der Waals surface area contributed by atoms with E-state index in [9.17, 15) is 14.4 Å². The maximum atomic E-state index is 12.2. The molecule has 126 valence electrons. The molecule has 1 aliphatic rings. The van der Waals surface area contributed by atoms with Gasteiger partial charge in [-0.15, -0.1) is 0 Å². The van der Waals surface area contributed by atoms with Crippen LogP contribution in [0.4, 0.5) is 0 Å². The molecule has 0 bridgehead atoms. The number of amides is 1. The number of aryl methyl sites for hydroxylation is 1. The van der Waals surface area contributed by atoms with Crippen molar-refractivity contribution in [2.45, 2.75) is 31.7 Å². The van der Waals surface area contributed by atoms with E-state index in [1.54, 1.807) is 0 Å². The lowest BCUT2D eigenvalue weighted by Crippen LogP contribution is -2.41. The van der Waals surface area contributed by atoms with Gasteiger partial charge in [-0.2, -0.15) is 0 Å². The summed E-state index contributed by atoms with van der Waals surface area (Å²) >= 11 is 0. The summed E-state index contributed by atoms with van der Waals surface area (Å²) in [5, 5.41) is 2.92. The van der Waals surface area contributed by atoms with Crippen molar-refractivity contribution < 1.29 is 4.79 Å². The van der Waals surface area contributed by atoms with Crippen molar-refractivity contribution in [3.63, 3.8) is 0 Å². The Balaban J connectivity index is 1.64. The van der Waals surface area contributed by atoms with Crippen LogP contribution in [0.15, 0.2) is 46.1 Å². The average Bonchev–Trinajstić information content (AvgIpc) is 2.60. The molecule has 3 rings (SSSR count). The van der Waals surface area contributed by atoms with Gasteiger partial charge >= 0.3 is 5.69 Å². The summed E-state index contributed by atoms with van der Waals surface area (Å²) in [6.45, 7) is 0.484. The van der Waals surface area contributed by atoms with Gasteiger partial charge in [-0.1, -0.05) is 24.3 Å². The smallest absolute Gasteiger partial charge is 0.331 e. The Morgan fingerprint density at radius 2 is 2.04 bits per heavy atom. The second-order valence-corrected chi connectivity index (χ2v) is 6.22. The van der Waals surface area contributed by atoms with Crippen LogP contribution in [0, 0.1) is 0 Å². The lowest BCUT2D eigenvalue weighted by molar-refractivity contribution is -0.121. The number of aromatic nitrogens is 2. The maximum Gasteiger partial charge on any atom is 0.331 e. The first-order valence-electron chi connectivity index (χ1n) is 8.17. The number of nitrogens with zero attached hydrogens (tertiary/aromatic N) is 2. The van der Waals surface area contributed by atoms with Crippen molar-refractivity contribution in [1.82, 2.24) is 14.5 Å². The minimum atomic E-state index is -0.485. The van der Waals surface area contributed by atoms with Gasteiger partial charge < -0.3 is 5.32 Å². The molecule has 0 radical (unpaired) electrons. The Labute approximate surface area is 139 Å². The van der Waals surface area contributed by atoms with Crippen molar-refractivity contribution >= 4 is 5.91 Å². The number of benzene rings is 1. The molecule has 0 saturated carbocycles. The molecule has 6 heteroatoms. The number of fused-ring (bicyclic) bond motifs is 1. The van der Waals surface area contributed by atoms with Crippen LogP contribution in [0.1, 0.15) is 29.9 Å². The van der Waals surface area contributed by atoms with E-state index >= 15 is 0 Å². The fourth-order valence-corrected chi connectivity index (χ4v) is 3.25. The molecule has 0 fully saturated rings. The Morgan fingerprint density at radius 1 is 1.25 bits per heavy atom. The summed E-state index contributed by atoms with van der Waals surface area (Å²) in [5.41, 5.74) is 1.80. The fraction of sp³-hybridized carbons (Fsp3) is 0.389. The van der Waals surface area contributed by atoms with E-state index in [1.807, 2.05) is 12.1 Å². The van der Waals surface area contributed by atoms with Crippen molar-refractivity contribution in [2.75, 3.05) is 6.54 Å². The van der Waals surface area contributed by atoms with Crippen molar-refractivity contribution in [3.05, 3.63) is 68.5 Å². The van der Waals surface area contributed by atoms with Crippen molar-refractivity contribution in [2.24, 2.45) is 7.05 Å². The van der Waals surface area contributed by atoms with Gasteiger partial charge in [0.25, 0.3) is 5.56 Å². The minimum absolute atomic E-state index is 0.0820. The van der Waals surface area contributed by atoms with E-state index in [0.29, 0.717) is 12.5 Å². The average molecular weight is 327 g/mol. The molecule has 1 N–H and O–H groups in total. The highest BCUT2D eigenvalue weighted by Gasteiger charge is 2.20. The van der Waals surface area contributed by atoms with Gasteiger partial charge in [0, 0.05) is 31.8 Å². The Hall–Kier alpha value is -2.63. The second kappa shape index (κ2) is 6.86. The third-order valence-corrected chi connectivity index (χ3v) is 4.61. The predicted molar refractivity (Wildman–Crippen MR) is 91.1 cm³/mol. The predicted octanol–water partition coefficient (Wildman–Crippen LogP) is 0.783. The molecule has 1 atom stereocenters. The molecule has 0 unspecified atom stereocenters. The third-order valence-electron chi connectivity index (χ3n) is 4.61. The number of hydrogen-bond acceptors (Lipinski definition) is 3. The van der Waals surface area contributed by atoms with Crippen LogP contribution in [-0.4, -0.2) is 21.6 Å². The zero-order valence-electron chi connectivity index (χ0n) is 13.7. The van der Waals surface area contributed by atoms with Gasteiger partial charge in [0.1, 0.15) is 6.54 Å². The molecule has 1 heterocycles. The van der Waals surface area contributed by atoms with E-state index in [4.69, 9.17) is 0 Å². The first-order valence-corrected chi connectivity index (χ1v) is 8.17. The zero-order valence-corrected chi connectivity index (χ0v) is 13.7. The van der Waals surface area contributed by atoms with Crippen LogP contribution in [0.5, 0.6) is 0 Å². The summed E-state index contributed by atoms with van der Waals surface area (Å²) in [4.78, 5) is 35.5. The van der Waals surface area contributed by atoms with Crippen molar-refractivity contribution in [3.8, 4) is 0 Å². The molecule has 0 spiro atoms. The van der Waals surface area contributed by atoms with E-state index in [-0.39, 0.29) is 18.0 Å². The summed E-state index contributed by atoms with van der Waals surface area (Å²) in [7, 11) is 1.40. The summed E-state index contributed by atoms with van der Waals surface area (Å²) in [6.07, 6.45) is 4.63. The molecule has 1 amide bonds. The van der Waals surface area contributed by atoms with E-state index in [1.165, 1.54) is 35.0 Å². The highest BCUT2D eigenvalue weighted by Crippen LogP contribution is 2.30. The lowest BCUT2D eigenvalue weighted by Gasteiger charge is -2.25. The number of rotatable bonds is 4. The van der Waals surface area contributed by atoms with Gasteiger partial charge in [-0.05, 0) is 30.4 Å². The molecule has 2 aromatic rings. The van der Waals surface area contributed by atoms with Crippen molar-refractivity contribution in [1.29, 1.82) is 0 Å². The number of carbonyl (C=O) groups excluding carboxylic acids is 1. The largest absolute Gasteiger partial charge is 0.354 e. The van der Waals surface area contributed by atoms with Gasteiger partial charge in [0.05, 0.1) is 0 Å². The summed E-state index contributed by atoms with van der Waals surface area (Å²) < 4.78 is 2.23. The second-order valence-electron chi connectivity index (χ2n) is 6.22. The van der Waals surface area contributed by atoms with E-state index in [2.05, 4.69) is 17.4 Å². The SMILES string of the molecule is Cn1c(=O)ccn(CC(=O)NC[C@@H]2CCCc3ccccc32)c1=O. The van der Waals surface area contributed by atoms with Crippen LogP contribution in [0.3, 0.4) is 0 Å². The van der Waals surface area contributed by atoms with Gasteiger partial charge in [-0.25, -0.2) is 4.79 Å². The Bertz CT molecular complexity index is 866. The maximum absolute atomic E-state index is 12.2. The standard InChI is InChI=1S/C18H21N3O3/c1-20-17(23)9-10-21(18(20)24)12-16(22)19-11-14-7-4-6-13-5-2-3-8-15(13)14/h2-3,5,8-10,14H,4,6-7,11-12H2,1H3,(H,19,22)/t14-/m0/s1. The molecule has 1 aromatic heterocycles. The minimum Gasteiger partial charge on any atom is -0.354 e. The number of nitrogens with one attached hydrogen (secondary N) is 1. The van der Waals surface area contributed by atoms with Gasteiger partial charge in [0.15, 0.2) is 0 Å². The molecule has 0 aliphatic heterocycles. The zero-order chi connectivity index (χ0) is 17.1. The van der Waals surface area contributed by atoms with Crippen LogP contribution >= 0.6 is 0 Å². The third kappa shape index (κ3) is 3.32. The Kier molecular flexibility index (Phi) is 4.64. The highest BCUT2D eigenvalue weighted by atomic mass is 16.2. The van der Waals surface area contributed by atoms with Crippen LogP contribution in [0.25, 0.3) is 0 Å². The van der Waals surface area contributed by atoms with Crippen LogP contribution in [0.2, 0.25) is 0 Å². The first kappa shape index (κ1) is 16.2. The molecule has 1 aliphatic carbocycles. The molecule has 6 nitrogen and oxygen atoms in total. The summed E-state index contributed by atoms with van der Waals surface area (Å²) in [5.74, 6) is 0.0922. The normalized spacial score (nSPS) is 16.5. The molecule has 24 heavy (non-hydrogen) atoms. The van der Waals surface area contributed by atoms with Crippen LogP contribution < -0.4 is 16.6 Å².